The van der Waals surface area contributed by atoms with Crippen molar-refractivity contribution in [2.75, 3.05) is 32.1 Å². The molecule has 0 aromatic heterocycles. The van der Waals surface area contributed by atoms with Crippen LogP contribution in [0.1, 0.15) is 35.7 Å². The fourth-order valence-corrected chi connectivity index (χ4v) is 2.98. The van der Waals surface area contributed by atoms with Crippen LogP contribution in [0.4, 0.5) is 5.69 Å². The molecule has 1 saturated heterocycles. The molecule has 1 aliphatic heterocycles. The number of nitrogens with one attached hydrogen (secondary N) is 1. The van der Waals surface area contributed by atoms with Gasteiger partial charge in [-0.05, 0) is 51.1 Å². The van der Waals surface area contributed by atoms with Crippen LogP contribution in [0, 0.1) is 6.92 Å². The molecule has 0 spiro atoms. The lowest BCUT2D eigenvalue weighted by Gasteiger charge is -2.31. The van der Waals surface area contributed by atoms with E-state index in [2.05, 4.69) is 24.3 Å². The molecule has 116 valence electrons. The lowest BCUT2D eigenvalue weighted by Crippen LogP contribution is -2.43. The molecular formula is C16H26N4O. The van der Waals surface area contributed by atoms with Crippen molar-refractivity contribution in [1.82, 2.24) is 9.80 Å². The quantitative estimate of drug-likeness (QED) is 0.658. The van der Waals surface area contributed by atoms with Crippen molar-refractivity contribution in [2.45, 2.75) is 32.7 Å². The average molecular weight is 290 g/mol. The number of anilines is 1. The Kier molecular flexibility index (Phi) is 5.20. The summed E-state index contributed by atoms with van der Waals surface area (Å²) in [5, 5.41) is 0. The van der Waals surface area contributed by atoms with Gasteiger partial charge in [0, 0.05) is 19.1 Å². The van der Waals surface area contributed by atoms with E-state index in [4.69, 9.17) is 5.84 Å². The molecule has 1 aromatic carbocycles. The van der Waals surface area contributed by atoms with Crippen molar-refractivity contribution < 1.29 is 4.79 Å². The lowest BCUT2D eigenvalue weighted by molar-refractivity contribution is 0.0676. The van der Waals surface area contributed by atoms with Gasteiger partial charge in [0.2, 0.25) is 0 Å². The summed E-state index contributed by atoms with van der Waals surface area (Å²) >= 11 is 0. The third kappa shape index (κ3) is 3.54. The van der Waals surface area contributed by atoms with Gasteiger partial charge in [-0.3, -0.25) is 10.6 Å². The maximum Gasteiger partial charge on any atom is 0.256 e. The molecule has 21 heavy (non-hydrogen) atoms. The zero-order valence-electron chi connectivity index (χ0n) is 13.2. The van der Waals surface area contributed by atoms with Crippen molar-refractivity contribution in [3.8, 4) is 0 Å². The highest BCUT2D eigenvalue weighted by atomic mass is 16.2. The van der Waals surface area contributed by atoms with Crippen LogP contribution in [0.2, 0.25) is 0 Å². The summed E-state index contributed by atoms with van der Waals surface area (Å²) in [7, 11) is 2.12. The fourth-order valence-electron chi connectivity index (χ4n) is 2.98. The van der Waals surface area contributed by atoms with Gasteiger partial charge in [0.05, 0.1) is 11.3 Å². The predicted molar refractivity (Wildman–Crippen MR) is 86.2 cm³/mol. The van der Waals surface area contributed by atoms with E-state index in [1.165, 1.54) is 0 Å². The first-order valence-corrected chi connectivity index (χ1v) is 7.63. The number of hydrogen-bond donors (Lipinski definition) is 2. The minimum absolute atomic E-state index is 0.0742. The summed E-state index contributed by atoms with van der Waals surface area (Å²) in [6, 6.07) is 6.00. The number of hydrogen-bond acceptors (Lipinski definition) is 4. The molecule has 0 radical (unpaired) electrons. The molecule has 2 rings (SSSR count). The number of nitrogens with two attached hydrogens (primary N) is 1. The number of carbonyl (C=O) groups is 1. The Balaban J connectivity index is 2.29. The molecule has 1 aromatic rings. The highest BCUT2D eigenvalue weighted by molar-refractivity contribution is 5.99. The van der Waals surface area contributed by atoms with E-state index in [-0.39, 0.29) is 11.9 Å². The van der Waals surface area contributed by atoms with Crippen molar-refractivity contribution in [2.24, 2.45) is 5.84 Å². The molecule has 0 bridgehead atoms. The summed E-state index contributed by atoms with van der Waals surface area (Å²) in [6.45, 7) is 6.90. The zero-order valence-corrected chi connectivity index (χ0v) is 13.2. The number of amides is 1. The van der Waals surface area contributed by atoms with Crippen LogP contribution in [0.3, 0.4) is 0 Å². The lowest BCUT2D eigenvalue weighted by atomic mass is 10.1. The van der Waals surface area contributed by atoms with Crippen LogP contribution in [-0.2, 0) is 0 Å². The molecule has 1 fully saturated rings. The fraction of sp³-hybridized carbons (Fsp3) is 0.562. The Morgan fingerprint density at radius 2 is 2.19 bits per heavy atom. The maximum absolute atomic E-state index is 12.9. The van der Waals surface area contributed by atoms with Gasteiger partial charge in [-0.1, -0.05) is 13.0 Å². The van der Waals surface area contributed by atoms with E-state index in [0.717, 1.165) is 38.0 Å². The molecule has 5 nitrogen and oxygen atoms in total. The Morgan fingerprint density at radius 1 is 1.43 bits per heavy atom. The Labute approximate surface area is 127 Å². The molecule has 0 aliphatic carbocycles. The number of likely N-dealkylation sites (N-methyl/N-ethyl adjacent to an activating group) is 1. The first-order chi connectivity index (χ1) is 10.1. The minimum atomic E-state index is 0.0742. The highest BCUT2D eigenvalue weighted by Crippen LogP contribution is 2.22. The molecule has 0 saturated carbocycles. The van der Waals surface area contributed by atoms with Crippen LogP contribution in [-0.4, -0.2) is 48.4 Å². The summed E-state index contributed by atoms with van der Waals surface area (Å²) in [4.78, 5) is 17.2. The number of benzene rings is 1. The van der Waals surface area contributed by atoms with E-state index in [0.29, 0.717) is 11.3 Å². The Hall–Kier alpha value is -1.59. The van der Waals surface area contributed by atoms with Crippen molar-refractivity contribution in [3.63, 3.8) is 0 Å². The first kappa shape index (κ1) is 15.8. The van der Waals surface area contributed by atoms with E-state index < -0.39 is 0 Å². The van der Waals surface area contributed by atoms with Gasteiger partial charge in [0.15, 0.2) is 0 Å². The van der Waals surface area contributed by atoms with Gasteiger partial charge in [0.1, 0.15) is 0 Å². The van der Waals surface area contributed by atoms with Gasteiger partial charge in [-0.25, -0.2) is 0 Å². The zero-order chi connectivity index (χ0) is 15.4. The Morgan fingerprint density at radius 3 is 2.86 bits per heavy atom. The number of hydrazine groups is 1. The minimum Gasteiger partial charge on any atom is -0.334 e. The van der Waals surface area contributed by atoms with Gasteiger partial charge in [-0.15, -0.1) is 0 Å². The smallest absolute Gasteiger partial charge is 0.256 e. The number of carbonyl (C=O) groups excluding carboxylic acids is 1. The van der Waals surface area contributed by atoms with Crippen LogP contribution in [0.15, 0.2) is 18.2 Å². The second kappa shape index (κ2) is 6.91. The highest BCUT2D eigenvalue weighted by Gasteiger charge is 2.28. The summed E-state index contributed by atoms with van der Waals surface area (Å²) in [5.41, 5.74) is 5.10. The van der Waals surface area contributed by atoms with Gasteiger partial charge >= 0.3 is 0 Å². The van der Waals surface area contributed by atoms with Crippen molar-refractivity contribution in [1.29, 1.82) is 0 Å². The second-order valence-electron chi connectivity index (χ2n) is 5.87. The molecule has 1 unspecified atom stereocenters. The number of nitrogen functional groups attached to an aromatic ring is 1. The SMILES string of the molecule is CCC1CN(C)CCCN1C(=O)c1ccc(C)cc1NN. The predicted octanol–water partition coefficient (Wildman–Crippen LogP) is 1.84. The monoisotopic (exact) mass is 290 g/mol. The van der Waals surface area contributed by atoms with E-state index in [1.807, 2.05) is 30.0 Å². The average Bonchev–Trinajstić information content (AvgIpc) is 2.67. The maximum atomic E-state index is 12.9. The molecule has 5 heteroatoms. The molecule has 1 heterocycles. The molecule has 3 N–H and O–H groups in total. The van der Waals surface area contributed by atoms with Crippen LogP contribution < -0.4 is 11.3 Å². The summed E-state index contributed by atoms with van der Waals surface area (Å²) < 4.78 is 0. The molecule has 1 amide bonds. The van der Waals surface area contributed by atoms with Gasteiger partial charge < -0.3 is 15.2 Å². The summed E-state index contributed by atoms with van der Waals surface area (Å²) in [5.74, 6) is 5.65. The summed E-state index contributed by atoms with van der Waals surface area (Å²) in [6.07, 6.45) is 1.98. The molecule has 1 aliphatic rings. The topological polar surface area (TPSA) is 61.6 Å². The largest absolute Gasteiger partial charge is 0.334 e. The van der Waals surface area contributed by atoms with Crippen LogP contribution in [0.5, 0.6) is 0 Å². The van der Waals surface area contributed by atoms with Crippen LogP contribution in [0.25, 0.3) is 0 Å². The third-order valence-corrected chi connectivity index (χ3v) is 4.20. The van der Waals surface area contributed by atoms with Gasteiger partial charge in [0.25, 0.3) is 5.91 Å². The van der Waals surface area contributed by atoms with E-state index in [9.17, 15) is 4.79 Å². The number of rotatable bonds is 3. The number of nitrogens with zero attached hydrogens (tertiary/aromatic N) is 2. The van der Waals surface area contributed by atoms with Gasteiger partial charge in [-0.2, -0.15) is 0 Å². The third-order valence-electron chi connectivity index (χ3n) is 4.20. The van der Waals surface area contributed by atoms with Crippen LogP contribution >= 0.6 is 0 Å². The normalized spacial score (nSPS) is 20.2. The van der Waals surface area contributed by atoms with Crippen molar-refractivity contribution >= 4 is 11.6 Å². The first-order valence-electron chi connectivity index (χ1n) is 7.63. The van der Waals surface area contributed by atoms with E-state index in [1.54, 1.807) is 0 Å². The van der Waals surface area contributed by atoms with Crippen molar-refractivity contribution in [3.05, 3.63) is 29.3 Å². The molecule has 1 atom stereocenters. The molecular weight excluding hydrogens is 264 g/mol. The standard InChI is InChI=1S/C16H26N4O/c1-4-13-11-19(3)8-5-9-20(13)16(21)14-7-6-12(2)10-15(14)18-17/h6-7,10,13,18H,4-5,8-9,11,17H2,1-3H3. The number of aryl methyl sites for hydroxylation is 1. The second-order valence-corrected chi connectivity index (χ2v) is 5.87. The van der Waals surface area contributed by atoms with E-state index >= 15 is 0 Å². The Bertz CT molecular complexity index is 503.